The molecule has 1 aromatic heterocycles. The number of ether oxygens (including phenoxy) is 2. The van der Waals surface area contributed by atoms with E-state index in [0.717, 1.165) is 31.0 Å². The second-order valence-corrected chi connectivity index (χ2v) is 4.58. The first kappa shape index (κ1) is 14.9. The Morgan fingerprint density at radius 1 is 1.33 bits per heavy atom. The van der Waals surface area contributed by atoms with E-state index in [0.29, 0.717) is 19.1 Å². The first-order valence-corrected chi connectivity index (χ1v) is 6.58. The molecule has 0 spiro atoms. The van der Waals surface area contributed by atoms with Crippen molar-refractivity contribution in [3.05, 3.63) is 24.0 Å². The average molecular weight is 252 g/mol. The number of nitrogens with zero attached hydrogens (tertiary/aromatic N) is 1. The predicted molar refractivity (Wildman–Crippen MR) is 72.8 cm³/mol. The Bertz CT molecular complexity index is 329. The van der Waals surface area contributed by atoms with Crippen LogP contribution in [0.15, 0.2) is 18.5 Å². The maximum Gasteiger partial charge on any atom is 0.142 e. The van der Waals surface area contributed by atoms with Gasteiger partial charge in [-0.15, -0.1) is 0 Å². The minimum absolute atomic E-state index is 0.563. The number of hydrogen-bond donors (Lipinski definition) is 1. The Balaban J connectivity index is 2.32. The van der Waals surface area contributed by atoms with Gasteiger partial charge in [-0.05, 0) is 18.5 Å². The summed E-state index contributed by atoms with van der Waals surface area (Å²) in [5.74, 6) is 1.40. The van der Waals surface area contributed by atoms with Gasteiger partial charge < -0.3 is 14.8 Å². The second kappa shape index (κ2) is 8.89. The normalized spacial score (nSPS) is 10.9. The Labute approximate surface area is 110 Å². The molecule has 0 amide bonds. The van der Waals surface area contributed by atoms with E-state index in [9.17, 15) is 0 Å². The molecule has 0 aliphatic carbocycles. The van der Waals surface area contributed by atoms with Gasteiger partial charge in [-0.2, -0.15) is 0 Å². The third kappa shape index (κ3) is 5.98. The monoisotopic (exact) mass is 252 g/mol. The highest BCUT2D eigenvalue weighted by Gasteiger charge is 2.03. The summed E-state index contributed by atoms with van der Waals surface area (Å²) in [4.78, 5) is 4.09. The molecular weight excluding hydrogens is 228 g/mol. The van der Waals surface area contributed by atoms with E-state index >= 15 is 0 Å². The van der Waals surface area contributed by atoms with Crippen molar-refractivity contribution in [2.75, 3.05) is 26.4 Å². The highest BCUT2D eigenvalue weighted by molar-refractivity contribution is 5.29. The van der Waals surface area contributed by atoms with E-state index in [1.54, 1.807) is 12.4 Å². The van der Waals surface area contributed by atoms with E-state index in [2.05, 4.69) is 31.1 Å². The zero-order valence-electron chi connectivity index (χ0n) is 11.6. The van der Waals surface area contributed by atoms with Crippen LogP contribution in [0.3, 0.4) is 0 Å². The fourth-order valence-electron chi connectivity index (χ4n) is 1.47. The summed E-state index contributed by atoms with van der Waals surface area (Å²) >= 11 is 0. The zero-order chi connectivity index (χ0) is 13.2. The van der Waals surface area contributed by atoms with Gasteiger partial charge in [0.2, 0.25) is 0 Å². The van der Waals surface area contributed by atoms with Crippen LogP contribution >= 0.6 is 0 Å². The second-order valence-electron chi connectivity index (χ2n) is 4.58. The summed E-state index contributed by atoms with van der Waals surface area (Å²) in [6.07, 6.45) is 3.55. The molecule has 0 bridgehead atoms. The Kier molecular flexibility index (Phi) is 7.37. The maximum atomic E-state index is 5.69. The quantitative estimate of drug-likeness (QED) is 0.685. The van der Waals surface area contributed by atoms with Gasteiger partial charge in [-0.1, -0.05) is 20.8 Å². The first-order chi connectivity index (χ1) is 8.74. The van der Waals surface area contributed by atoms with E-state index in [1.165, 1.54) is 0 Å². The molecule has 1 N–H and O–H groups in total. The highest BCUT2D eigenvalue weighted by atomic mass is 16.5. The number of rotatable bonds is 9. The molecule has 4 heteroatoms. The maximum absolute atomic E-state index is 5.69. The standard InChI is InChI=1S/C14H24N2O2/c1-4-15-9-13-5-6-16-10-14(13)18-8-7-17-11-12(2)3/h5-6,10,12,15H,4,7-9,11H2,1-3H3. The minimum atomic E-state index is 0.563. The van der Waals surface area contributed by atoms with E-state index in [4.69, 9.17) is 9.47 Å². The van der Waals surface area contributed by atoms with Crippen LogP contribution in [0.5, 0.6) is 5.75 Å². The van der Waals surface area contributed by atoms with Crippen molar-refractivity contribution in [2.45, 2.75) is 27.3 Å². The van der Waals surface area contributed by atoms with Gasteiger partial charge in [0.05, 0.1) is 12.8 Å². The lowest BCUT2D eigenvalue weighted by molar-refractivity contribution is 0.0815. The van der Waals surface area contributed by atoms with E-state index in [1.807, 2.05) is 6.07 Å². The number of pyridine rings is 1. The number of nitrogens with one attached hydrogen (secondary N) is 1. The van der Waals surface area contributed by atoms with Crippen LogP contribution in [0.1, 0.15) is 26.3 Å². The summed E-state index contributed by atoms with van der Waals surface area (Å²) in [5, 5.41) is 3.28. The summed E-state index contributed by atoms with van der Waals surface area (Å²) < 4.78 is 11.2. The molecule has 0 atom stereocenters. The van der Waals surface area contributed by atoms with Crippen LogP contribution in [0.4, 0.5) is 0 Å². The van der Waals surface area contributed by atoms with Gasteiger partial charge in [0.25, 0.3) is 0 Å². The third-order valence-corrected chi connectivity index (χ3v) is 2.37. The van der Waals surface area contributed by atoms with Crippen molar-refractivity contribution in [1.29, 1.82) is 0 Å². The molecule has 1 aromatic rings. The molecule has 0 unspecified atom stereocenters. The average Bonchev–Trinajstić information content (AvgIpc) is 2.36. The zero-order valence-corrected chi connectivity index (χ0v) is 11.6. The van der Waals surface area contributed by atoms with Gasteiger partial charge in [0.1, 0.15) is 12.4 Å². The first-order valence-electron chi connectivity index (χ1n) is 6.58. The largest absolute Gasteiger partial charge is 0.489 e. The molecule has 102 valence electrons. The molecule has 1 rings (SSSR count). The van der Waals surface area contributed by atoms with Crippen molar-refractivity contribution in [1.82, 2.24) is 10.3 Å². The molecule has 1 heterocycles. The minimum Gasteiger partial charge on any atom is -0.489 e. The van der Waals surface area contributed by atoms with Gasteiger partial charge in [0, 0.05) is 24.9 Å². The Morgan fingerprint density at radius 3 is 2.89 bits per heavy atom. The fraction of sp³-hybridized carbons (Fsp3) is 0.643. The van der Waals surface area contributed by atoms with Crippen LogP contribution < -0.4 is 10.1 Å². The van der Waals surface area contributed by atoms with Crippen LogP contribution in [-0.4, -0.2) is 31.3 Å². The SMILES string of the molecule is CCNCc1ccncc1OCCOCC(C)C. The summed E-state index contributed by atoms with van der Waals surface area (Å²) in [6.45, 7) is 10.1. The lowest BCUT2D eigenvalue weighted by Gasteiger charge is -2.12. The van der Waals surface area contributed by atoms with E-state index in [-0.39, 0.29) is 0 Å². The number of hydrogen-bond acceptors (Lipinski definition) is 4. The molecule has 0 saturated heterocycles. The van der Waals surface area contributed by atoms with Crippen LogP contribution in [-0.2, 0) is 11.3 Å². The van der Waals surface area contributed by atoms with Crippen LogP contribution in [0, 0.1) is 5.92 Å². The predicted octanol–water partition coefficient (Wildman–Crippen LogP) is 2.24. The summed E-state index contributed by atoms with van der Waals surface area (Å²) in [5.41, 5.74) is 1.13. The van der Waals surface area contributed by atoms with Crippen molar-refractivity contribution in [3.63, 3.8) is 0 Å². The summed E-state index contributed by atoms with van der Waals surface area (Å²) in [7, 11) is 0. The van der Waals surface area contributed by atoms with Gasteiger partial charge in [-0.3, -0.25) is 4.98 Å². The molecule has 0 aromatic carbocycles. The highest BCUT2D eigenvalue weighted by Crippen LogP contribution is 2.15. The van der Waals surface area contributed by atoms with Crippen molar-refractivity contribution in [3.8, 4) is 5.75 Å². The van der Waals surface area contributed by atoms with Crippen molar-refractivity contribution >= 4 is 0 Å². The Hall–Kier alpha value is -1.13. The van der Waals surface area contributed by atoms with Crippen molar-refractivity contribution in [2.24, 2.45) is 5.92 Å². The lowest BCUT2D eigenvalue weighted by Crippen LogP contribution is -2.14. The fourth-order valence-corrected chi connectivity index (χ4v) is 1.47. The Morgan fingerprint density at radius 2 is 2.17 bits per heavy atom. The molecule has 0 fully saturated rings. The number of aromatic nitrogens is 1. The lowest BCUT2D eigenvalue weighted by atomic mass is 10.2. The molecule has 0 radical (unpaired) electrons. The van der Waals surface area contributed by atoms with Gasteiger partial charge in [-0.25, -0.2) is 0 Å². The van der Waals surface area contributed by atoms with Crippen LogP contribution in [0.25, 0.3) is 0 Å². The third-order valence-electron chi connectivity index (χ3n) is 2.37. The molecule has 18 heavy (non-hydrogen) atoms. The molecule has 4 nitrogen and oxygen atoms in total. The van der Waals surface area contributed by atoms with Crippen molar-refractivity contribution < 1.29 is 9.47 Å². The van der Waals surface area contributed by atoms with Gasteiger partial charge in [0.15, 0.2) is 0 Å². The summed E-state index contributed by atoms with van der Waals surface area (Å²) in [6, 6.07) is 1.98. The molecular formula is C14H24N2O2. The molecule has 0 aliphatic heterocycles. The van der Waals surface area contributed by atoms with E-state index < -0.39 is 0 Å². The van der Waals surface area contributed by atoms with Gasteiger partial charge >= 0.3 is 0 Å². The topological polar surface area (TPSA) is 43.4 Å². The smallest absolute Gasteiger partial charge is 0.142 e. The van der Waals surface area contributed by atoms with Crippen LogP contribution in [0.2, 0.25) is 0 Å². The molecule has 0 saturated carbocycles. The molecule has 0 aliphatic rings.